The Labute approximate surface area is 145 Å². The van der Waals surface area contributed by atoms with E-state index >= 15 is 0 Å². The molecule has 2 N–H and O–H groups in total. The van der Waals surface area contributed by atoms with Crippen molar-refractivity contribution >= 4 is 33.7 Å². The van der Waals surface area contributed by atoms with Crippen molar-refractivity contribution in [3.8, 4) is 11.5 Å². The van der Waals surface area contributed by atoms with E-state index in [1.54, 1.807) is 18.2 Å². The molecule has 0 heterocycles. The van der Waals surface area contributed by atoms with Crippen molar-refractivity contribution in [1.82, 2.24) is 5.43 Å². The normalized spacial score (nSPS) is 10.6. The molecular weight excluding hydrogens is 382 g/mol. The first kappa shape index (κ1) is 17.4. The molecule has 0 radical (unpaired) electrons. The topological polar surface area (TPSA) is 114 Å². The highest BCUT2D eigenvalue weighted by Crippen LogP contribution is 2.32. The summed E-state index contributed by atoms with van der Waals surface area (Å²) >= 11 is 3.11. The van der Waals surface area contributed by atoms with E-state index in [4.69, 9.17) is 4.74 Å². The molecule has 2 aromatic rings. The van der Waals surface area contributed by atoms with Crippen LogP contribution in [0.25, 0.3) is 0 Å². The smallest absolute Gasteiger partial charge is 0.312 e. The lowest BCUT2D eigenvalue weighted by Crippen LogP contribution is -2.17. The summed E-state index contributed by atoms with van der Waals surface area (Å²) in [5.41, 5.74) is 2.22. The van der Waals surface area contributed by atoms with Gasteiger partial charge in [0, 0.05) is 21.7 Å². The number of amides is 1. The highest BCUT2D eigenvalue weighted by Gasteiger charge is 2.17. The Morgan fingerprint density at radius 3 is 2.83 bits per heavy atom. The number of nitrogens with one attached hydrogen (secondary N) is 1. The van der Waals surface area contributed by atoms with Gasteiger partial charge in [-0.15, -0.1) is 0 Å². The van der Waals surface area contributed by atoms with E-state index in [0.29, 0.717) is 15.8 Å². The van der Waals surface area contributed by atoms with Gasteiger partial charge in [0.2, 0.25) is 5.75 Å². The largest absolute Gasteiger partial charge is 0.502 e. The van der Waals surface area contributed by atoms with Crippen LogP contribution in [0.4, 0.5) is 5.69 Å². The zero-order valence-corrected chi connectivity index (χ0v) is 14.0. The summed E-state index contributed by atoms with van der Waals surface area (Å²) in [6, 6.07) is 9.06. The number of rotatable bonds is 5. The number of benzene rings is 2. The van der Waals surface area contributed by atoms with E-state index in [0.717, 1.165) is 6.21 Å². The van der Waals surface area contributed by atoms with Gasteiger partial charge in [-0.05, 0) is 24.3 Å². The summed E-state index contributed by atoms with van der Waals surface area (Å²) in [5, 5.41) is 24.4. The Bertz CT molecular complexity index is 823. The quantitative estimate of drug-likeness (QED) is 0.460. The zero-order valence-electron chi connectivity index (χ0n) is 12.4. The third-order valence-electron chi connectivity index (χ3n) is 2.98. The number of aromatic hydroxyl groups is 1. The van der Waals surface area contributed by atoms with Gasteiger partial charge in [-0.3, -0.25) is 14.9 Å². The van der Waals surface area contributed by atoms with Gasteiger partial charge in [0.25, 0.3) is 5.91 Å². The number of carbonyl (C=O) groups excluding carboxylic acids is 1. The maximum absolute atomic E-state index is 12.0. The van der Waals surface area contributed by atoms with Crippen molar-refractivity contribution in [1.29, 1.82) is 0 Å². The number of nitro groups is 1. The lowest BCUT2D eigenvalue weighted by Gasteiger charge is -2.04. The predicted octanol–water partition coefficient (Wildman–Crippen LogP) is 2.84. The van der Waals surface area contributed by atoms with Crippen LogP contribution in [-0.4, -0.2) is 29.3 Å². The third-order valence-corrected chi connectivity index (χ3v) is 3.44. The van der Waals surface area contributed by atoms with Gasteiger partial charge in [0.05, 0.1) is 18.2 Å². The second-order valence-corrected chi connectivity index (χ2v) is 5.47. The van der Waals surface area contributed by atoms with Crippen molar-refractivity contribution < 1.29 is 19.6 Å². The Kier molecular flexibility index (Phi) is 5.48. The lowest BCUT2D eigenvalue weighted by molar-refractivity contribution is -0.385. The minimum Gasteiger partial charge on any atom is -0.502 e. The highest BCUT2D eigenvalue weighted by atomic mass is 79.9. The number of nitrogens with zero attached hydrogens (tertiary/aromatic N) is 2. The first-order valence-corrected chi connectivity index (χ1v) is 7.36. The average molecular weight is 394 g/mol. The van der Waals surface area contributed by atoms with Crippen LogP contribution in [-0.2, 0) is 0 Å². The molecule has 8 nitrogen and oxygen atoms in total. The summed E-state index contributed by atoms with van der Waals surface area (Å²) in [5.74, 6) is -0.511. The molecule has 0 aliphatic heterocycles. The molecule has 0 spiro atoms. The van der Waals surface area contributed by atoms with E-state index in [1.165, 1.54) is 25.3 Å². The summed E-state index contributed by atoms with van der Waals surface area (Å²) < 4.78 is 5.42. The predicted molar refractivity (Wildman–Crippen MR) is 90.5 cm³/mol. The Balaban J connectivity index is 2.17. The van der Waals surface area contributed by atoms with E-state index in [-0.39, 0.29) is 5.56 Å². The van der Waals surface area contributed by atoms with Gasteiger partial charge < -0.3 is 9.84 Å². The van der Waals surface area contributed by atoms with Gasteiger partial charge in [0.15, 0.2) is 0 Å². The number of carbonyl (C=O) groups is 1. The molecule has 1 amide bonds. The van der Waals surface area contributed by atoms with Gasteiger partial charge in [-0.1, -0.05) is 22.0 Å². The molecule has 124 valence electrons. The van der Waals surface area contributed by atoms with E-state index in [9.17, 15) is 20.0 Å². The lowest BCUT2D eigenvalue weighted by atomic mass is 10.2. The highest BCUT2D eigenvalue weighted by molar-refractivity contribution is 9.10. The number of hydrazone groups is 1. The molecule has 0 fully saturated rings. The molecule has 0 aliphatic rings. The van der Waals surface area contributed by atoms with Gasteiger partial charge in [-0.25, -0.2) is 5.43 Å². The number of hydrogen-bond donors (Lipinski definition) is 2. The molecule has 0 aliphatic carbocycles. The number of phenolic OH excluding ortho intramolecular Hbond substituents is 1. The summed E-state index contributed by atoms with van der Waals surface area (Å²) in [6.45, 7) is 0. The summed E-state index contributed by atoms with van der Waals surface area (Å²) in [6.07, 6.45) is 1.12. The van der Waals surface area contributed by atoms with Crippen molar-refractivity contribution in [3.63, 3.8) is 0 Å². The monoisotopic (exact) mass is 393 g/mol. The van der Waals surface area contributed by atoms with E-state index in [2.05, 4.69) is 26.5 Å². The van der Waals surface area contributed by atoms with Crippen molar-refractivity contribution in [2.24, 2.45) is 5.10 Å². The third kappa shape index (κ3) is 4.07. The number of phenols is 1. The van der Waals surface area contributed by atoms with Crippen molar-refractivity contribution in [2.45, 2.75) is 0 Å². The second-order valence-electron chi connectivity index (χ2n) is 4.55. The molecular formula is C15H12BrN3O5. The zero-order chi connectivity index (χ0) is 17.7. The van der Waals surface area contributed by atoms with Gasteiger partial charge in [-0.2, -0.15) is 5.10 Å². The van der Waals surface area contributed by atoms with Crippen molar-refractivity contribution in [3.05, 3.63) is 62.1 Å². The van der Waals surface area contributed by atoms with E-state index < -0.39 is 22.3 Å². The molecule has 24 heavy (non-hydrogen) atoms. The fourth-order valence-corrected chi connectivity index (χ4v) is 2.30. The van der Waals surface area contributed by atoms with Crippen LogP contribution in [0.1, 0.15) is 15.9 Å². The summed E-state index contributed by atoms with van der Waals surface area (Å²) in [7, 11) is 1.48. The average Bonchev–Trinajstić information content (AvgIpc) is 2.57. The minimum absolute atomic E-state index is 0.0852. The maximum atomic E-state index is 12.0. The van der Waals surface area contributed by atoms with Crippen LogP contribution < -0.4 is 10.2 Å². The first-order valence-electron chi connectivity index (χ1n) is 6.56. The Morgan fingerprint density at radius 1 is 1.42 bits per heavy atom. The summed E-state index contributed by atoms with van der Waals surface area (Å²) in [4.78, 5) is 22.1. The molecule has 0 unspecified atom stereocenters. The SMILES string of the molecule is COc1cccc(C(=O)N/N=C/c2cc(Br)cc([N+](=O)[O-])c2O)c1. The molecule has 0 atom stereocenters. The van der Waals surface area contributed by atoms with Crippen LogP contribution in [0.15, 0.2) is 46.0 Å². The first-order chi connectivity index (χ1) is 11.4. The fourth-order valence-electron chi connectivity index (χ4n) is 1.83. The molecule has 0 bridgehead atoms. The second kappa shape index (κ2) is 7.55. The molecule has 0 saturated carbocycles. The fraction of sp³-hybridized carbons (Fsp3) is 0.0667. The van der Waals surface area contributed by atoms with Crippen LogP contribution in [0.2, 0.25) is 0 Å². The molecule has 0 saturated heterocycles. The Morgan fingerprint density at radius 2 is 2.17 bits per heavy atom. The van der Waals surface area contributed by atoms with Crippen LogP contribution in [0, 0.1) is 10.1 Å². The van der Waals surface area contributed by atoms with Crippen LogP contribution in [0.3, 0.4) is 0 Å². The number of hydrogen-bond acceptors (Lipinski definition) is 6. The van der Waals surface area contributed by atoms with Crippen molar-refractivity contribution in [2.75, 3.05) is 7.11 Å². The van der Waals surface area contributed by atoms with E-state index in [1.807, 2.05) is 0 Å². The number of ether oxygens (including phenoxy) is 1. The molecule has 2 aromatic carbocycles. The van der Waals surface area contributed by atoms with Crippen LogP contribution in [0.5, 0.6) is 11.5 Å². The number of methoxy groups -OCH3 is 1. The molecule has 2 rings (SSSR count). The van der Waals surface area contributed by atoms with Crippen LogP contribution >= 0.6 is 15.9 Å². The molecule has 0 aromatic heterocycles. The van der Waals surface area contributed by atoms with Gasteiger partial charge in [0.1, 0.15) is 5.75 Å². The minimum atomic E-state index is -0.716. The van der Waals surface area contributed by atoms with Gasteiger partial charge >= 0.3 is 5.69 Å². The maximum Gasteiger partial charge on any atom is 0.312 e. The Hall–Kier alpha value is -2.94. The molecule has 9 heteroatoms. The number of halogens is 1. The number of nitro benzene ring substituents is 1. The standard InChI is InChI=1S/C15H12BrN3O5/c1-24-12-4-2-3-9(6-12)15(21)18-17-8-10-5-11(16)7-13(14(10)20)19(22)23/h2-8,20H,1H3,(H,18,21)/b17-8+.